The highest BCUT2D eigenvalue weighted by atomic mass is 16.5. The van der Waals surface area contributed by atoms with E-state index in [0.717, 1.165) is 16.7 Å². The molecule has 254 valence electrons. The number of benzene rings is 2. The summed E-state index contributed by atoms with van der Waals surface area (Å²) in [6.45, 7) is 3.75. The molecule has 2 bridgehead atoms. The van der Waals surface area contributed by atoms with Crippen LogP contribution in [0.4, 0.5) is 0 Å². The van der Waals surface area contributed by atoms with Crippen molar-refractivity contribution in [2.24, 2.45) is 0 Å². The van der Waals surface area contributed by atoms with E-state index in [1.165, 1.54) is 17.6 Å². The summed E-state index contributed by atoms with van der Waals surface area (Å²) in [6, 6.07) is 13.0. The lowest BCUT2D eigenvalue weighted by atomic mass is 10.0. The Balaban J connectivity index is 1.25. The molecule has 4 aromatic rings. The van der Waals surface area contributed by atoms with Gasteiger partial charge in [-0.3, -0.25) is 24.0 Å². The summed E-state index contributed by atoms with van der Waals surface area (Å²) >= 11 is 0. The molecule has 3 aliphatic rings. The number of fused-ring (bicyclic) bond motifs is 16. The first-order valence-electron chi connectivity index (χ1n) is 16.2. The van der Waals surface area contributed by atoms with E-state index >= 15 is 0 Å². The number of aryl methyl sites for hydroxylation is 1. The Hall–Kier alpha value is -5.79. The molecule has 2 aromatic heterocycles. The topological polar surface area (TPSA) is 185 Å². The van der Waals surface area contributed by atoms with Crippen molar-refractivity contribution in [1.29, 1.82) is 0 Å². The lowest BCUT2D eigenvalue weighted by molar-refractivity contribution is -0.134. The van der Waals surface area contributed by atoms with Crippen LogP contribution in [0.3, 0.4) is 0 Å². The fourth-order valence-corrected chi connectivity index (χ4v) is 5.63. The number of aromatic nitrogens is 3. The Morgan fingerprint density at radius 2 is 1.73 bits per heavy atom. The second-order valence-electron chi connectivity index (χ2n) is 12.5. The average molecular weight is 667 g/mol. The Kier molecular flexibility index (Phi) is 9.56. The Morgan fingerprint density at radius 1 is 0.980 bits per heavy atom. The quantitative estimate of drug-likeness (QED) is 0.198. The number of ether oxygens (including phenoxy) is 1. The first-order valence-corrected chi connectivity index (χ1v) is 16.2. The second kappa shape index (κ2) is 14.1. The van der Waals surface area contributed by atoms with Crippen LogP contribution in [0.25, 0.3) is 5.65 Å². The van der Waals surface area contributed by atoms with E-state index in [9.17, 15) is 24.0 Å². The zero-order valence-electron chi connectivity index (χ0n) is 27.2. The predicted octanol–water partition coefficient (Wildman–Crippen LogP) is 0.768. The highest BCUT2D eigenvalue weighted by Gasteiger charge is 2.51. The minimum atomic E-state index is -1.09. The normalized spacial score (nSPS) is 21.6. The standard InChI is InChI=1S/C35H38N8O6/c1-21-18-37-29-26(19-38-43(29)20-21)31(45)41-27-17-24-8-10-25(11-9-24)49-15-14-36-34(48)35(12-13-35)42-33(47)28(16-23-6-4-3-5-7-23)40-30(44)22(2)39-32(27)46/h3-11,18-20,22,27-28H,12-17H2,1-2H3,(H,36,48)(H,39,46)(H,40,44)(H,41,45)(H,42,47)/t22-,27-,28+/m0/s1. The first kappa shape index (κ1) is 33.1. The van der Waals surface area contributed by atoms with Crippen molar-refractivity contribution >= 4 is 35.2 Å². The Morgan fingerprint density at radius 3 is 2.47 bits per heavy atom. The number of amides is 5. The highest BCUT2D eigenvalue weighted by molar-refractivity contribution is 6.02. The minimum absolute atomic E-state index is 0.0924. The number of carbonyl (C=O) groups excluding carboxylic acids is 5. The van der Waals surface area contributed by atoms with E-state index in [1.54, 1.807) is 36.7 Å². The van der Waals surface area contributed by atoms with Crippen molar-refractivity contribution in [2.75, 3.05) is 13.2 Å². The molecule has 1 fully saturated rings. The van der Waals surface area contributed by atoms with E-state index in [4.69, 9.17) is 4.74 Å². The van der Waals surface area contributed by atoms with Crippen molar-refractivity contribution in [1.82, 2.24) is 41.2 Å². The molecular weight excluding hydrogens is 628 g/mol. The van der Waals surface area contributed by atoms with Crippen molar-refractivity contribution in [3.05, 3.63) is 95.4 Å². The van der Waals surface area contributed by atoms with Crippen LogP contribution in [0.5, 0.6) is 5.75 Å². The van der Waals surface area contributed by atoms with Crippen molar-refractivity contribution < 1.29 is 28.7 Å². The maximum atomic E-state index is 13.7. The van der Waals surface area contributed by atoms with Crippen LogP contribution < -0.4 is 31.3 Å². The summed E-state index contributed by atoms with van der Waals surface area (Å²) in [5, 5.41) is 18.2. The third-order valence-corrected chi connectivity index (χ3v) is 8.59. The van der Waals surface area contributed by atoms with Gasteiger partial charge in [0.15, 0.2) is 5.65 Å². The summed E-state index contributed by atoms with van der Waals surface area (Å²) in [4.78, 5) is 71.7. The molecule has 5 amide bonds. The molecule has 1 saturated carbocycles. The van der Waals surface area contributed by atoms with Gasteiger partial charge in [-0.05, 0) is 55.5 Å². The highest BCUT2D eigenvalue weighted by Crippen LogP contribution is 2.35. The molecular formula is C35H38N8O6. The molecule has 49 heavy (non-hydrogen) atoms. The molecule has 14 nitrogen and oxygen atoms in total. The summed E-state index contributed by atoms with van der Waals surface area (Å²) in [5.41, 5.74) is 1.82. The molecule has 2 aromatic carbocycles. The predicted molar refractivity (Wildman–Crippen MR) is 177 cm³/mol. The van der Waals surface area contributed by atoms with Crippen LogP contribution in [0.1, 0.15) is 46.8 Å². The number of carbonyl (C=O) groups is 5. The smallest absolute Gasteiger partial charge is 0.257 e. The molecule has 3 atom stereocenters. The van der Waals surface area contributed by atoms with Crippen LogP contribution in [-0.4, -0.2) is 81.0 Å². The molecule has 0 radical (unpaired) electrons. The van der Waals surface area contributed by atoms with Crippen LogP contribution >= 0.6 is 0 Å². The molecule has 0 unspecified atom stereocenters. The van der Waals surface area contributed by atoms with E-state index in [1.807, 2.05) is 37.3 Å². The van der Waals surface area contributed by atoms with Crippen LogP contribution in [0, 0.1) is 6.92 Å². The minimum Gasteiger partial charge on any atom is -0.492 e. The molecule has 0 saturated heterocycles. The number of hydrogen-bond acceptors (Lipinski definition) is 8. The molecule has 2 aliphatic heterocycles. The van der Waals surface area contributed by atoms with Crippen molar-refractivity contribution in [2.45, 2.75) is 63.2 Å². The molecule has 5 N–H and O–H groups in total. The monoisotopic (exact) mass is 666 g/mol. The molecule has 14 heteroatoms. The van der Waals surface area contributed by atoms with Gasteiger partial charge in [-0.1, -0.05) is 42.5 Å². The van der Waals surface area contributed by atoms with Crippen LogP contribution in [0.15, 0.2) is 73.2 Å². The van der Waals surface area contributed by atoms with Gasteiger partial charge in [0.1, 0.15) is 41.6 Å². The molecule has 1 aliphatic carbocycles. The summed E-state index contributed by atoms with van der Waals surface area (Å²) in [5.74, 6) is -2.06. The maximum absolute atomic E-state index is 13.7. The largest absolute Gasteiger partial charge is 0.492 e. The van der Waals surface area contributed by atoms with Crippen molar-refractivity contribution in [3.63, 3.8) is 0 Å². The molecule has 1 spiro atoms. The average Bonchev–Trinajstić information content (AvgIpc) is 3.75. The summed E-state index contributed by atoms with van der Waals surface area (Å²) in [7, 11) is 0. The Labute approximate surface area is 282 Å². The molecule has 7 rings (SSSR count). The number of nitrogens with zero attached hydrogens (tertiary/aromatic N) is 3. The second-order valence-corrected chi connectivity index (χ2v) is 12.5. The number of nitrogens with one attached hydrogen (secondary N) is 5. The summed E-state index contributed by atoms with van der Waals surface area (Å²) < 4.78 is 7.29. The fraction of sp³-hybridized carbons (Fsp3) is 0.343. The van der Waals surface area contributed by atoms with Gasteiger partial charge in [0.25, 0.3) is 5.91 Å². The first-order chi connectivity index (χ1) is 23.6. The summed E-state index contributed by atoms with van der Waals surface area (Å²) in [6.07, 6.45) is 5.91. The number of hydrogen-bond donors (Lipinski definition) is 5. The lowest BCUT2D eigenvalue weighted by Crippen LogP contribution is -2.59. The van der Waals surface area contributed by atoms with Crippen molar-refractivity contribution in [3.8, 4) is 5.75 Å². The maximum Gasteiger partial charge on any atom is 0.257 e. The lowest BCUT2D eigenvalue weighted by Gasteiger charge is -2.25. The van der Waals surface area contributed by atoms with Gasteiger partial charge >= 0.3 is 0 Å². The van der Waals surface area contributed by atoms with Gasteiger partial charge in [0, 0.05) is 25.2 Å². The van der Waals surface area contributed by atoms with Crippen LogP contribution in [-0.2, 0) is 32.0 Å². The van der Waals surface area contributed by atoms with E-state index < -0.39 is 47.3 Å². The Bertz CT molecular complexity index is 1870. The third-order valence-electron chi connectivity index (χ3n) is 8.59. The van der Waals surface area contributed by atoms with Gasteiger partial charge in [0.05, 0.1) is 12.7 Å². The van der Waals surface area contributed by atoms with Gasteiger partial charge in [-0.25, -0.2) is 9.50 Å². The van der Waals surface area contributed by atoms with E-state index in [2.05, 4.69) is 36.7 Å². The zero-order valence-corrected chi connectivity index (χ0v) is 27.2. The van der Waals surface area contributed by atoms with Gasteiger partial charge < -0.3 is 31.3 Å². The van der Waals surface area contributed by atoms with Gasteiger partial charge in [0.2, 0.25) is 23.6 Å². The van der Waals surface area contributed by atoms with E-state index in [0.29, 0.717) is 24.2 Å². The third kappa shape index (κ3) is 7.86. The SMILES string of the molecule is Cc1cnc2c(C(=O)N[C@H]3Cc4ccc(cc4)OCCNC(=O)C4(CC4)NC(=O)[C@@H](Cc4ccccc4)NC(=O)[C@H](C)NC3=O)cnn2c1. The van der Waals surface area contributed by atoms with Crippen LogP contribution in [0.2, 0.25) is 0 Å². The van der Waals surface area contributed by atoms with Gasteiger partial charge in [-0.2, -0.15) is 5.10 Å². The zero-order chi connectivity index (χ0) is 34.5. The number of rotatable bonds is 4. The van der Waals surface area contributed by atoms with Gasteiger partial charge in [-0.15, -0.1) is 0 Å². The fourth-order valence-electron chi connectivity index (χ4n) is 5.63. The molecule has 4 heterocycles. The van der Waals surface area contributed by atoms with E-state index in [-0.39, 0.29) is 37.5 Å².